The van der Waals surface area contributed by atoms with Gasteiger partial charge in [0.25, 0.3) is 0 Å². The molecule has 0 atom stereocenters. The number of pyridine rings is 1. The average molecular weight is 380 g/mol. The summed E-state index contributed by atoms with van der Waals surface area (Å²) >= 11 is 1.61. The Kier molecular flexibility index (Phi) is 5.51. The predicted molar refractivity (Wildman–Crippen MR) is 98.5 cm³/mol. The van der Waals surface area contributed by atoms with E-state index in [-0.39, 0.29) is 11.8 Å². The molecule has 1 fully saturated rings. The lowest BCUT2D eigenvalue weighted by Crippen LogP contribution is -2.42. The van der Waals surface area contributed by atoms with Crippen LogP contribution in [0.4, 0.5) is 0 Å². The smallest absolute Gasteiger partial charge is 0.223 e. The molecule has 25 heavy (non-hydrogen) atoms. The molecule has 1 saturated heterocycles. The van der Waals surface area contributed by atoms with Crippen molar-refractivity contribution < 1.29 is 13.2 Å². The summed E-state index contributed by atoms with van der Waals surface area (Å²) < 4.78 is 24.5. The van der Waals surface area contributed by atoms with Gasteiger partial charge in [0.15, 0.2) is 0 Å². The second-order valence-corrected chi connectivity index (χ2v) is 8.94. The summed E-state index contributed by atoms with van der Waals surface area (Å²) in [4.78, 5) is 16.9. The lowest BCUT2D eigenvalue weighted by molar-refractivity contribution is -0.126. The maximum absolute atomic E-state index is 12.4. The lowest BCUT2D eigenvalue weighted by atomic mass is 9.97. The van der Waals surface area contributed by atoms with Crippen LogP contribution in [0.5, 0.6) is 0 Å². The molecule has 3 rings (SSSR count). The number of hydrogen-bond donors (Lipinski definition) is 1. The SMILES string of the molecule is CS(=O)(=O)N1CCC(C(=O)NCc2cccnc2-c2ccsc2)CC1. The van der Waals surface area contributed by atoms with Gasteiger partial charge in [0.1, 0.15) is 0 Å². The normalized spacial score (nSPS) is 16.7. The second-order valence-electron chi connectivity index (χ2n) is 6.18. The Morgan fingerprint density at radius 1 is 1.36 bits per heavy atom. The molecule has 6 nitrogen and oxygen atoms in total. The zero-order chi connectivity index (χ0) is 17.9. The Hall–Kier alpha value is -1.77. The van der Waals surface area contributed by atoms with Crippen molar-refractivity contribution >= 4 is 27.3 Å². The van der Waals surface area contributed by atoms with Gasteiger partial charge in [0, 0.05) is 42.7 Å². The van der Waals surface area contributed by atoms with Gasteiger partial charge in [-0.05, 0) is 35.9 Å². The van der Waals surface area contributed by atoms with Gasteiger partial charge in [-0.1, -0.05) is 6.07 Å². The van der Waals surface area contributed by atoms with Crippen molar-refractivity contribution in [3.05, 3.63) is 40.7 Å². The van der Waals surface area contributed by atoms with Crippen molar-refractivity contribution in [2.24, 2.45) is 5.92 Å². The van der Waals surface area contributed by atoms with Crippen molar-refractivity contribution in [1.29, 1.82) is 0 Å². The van der Waals surface area contributed by atoms with E-state index in [0.29, 0.717) is 32.5 Å². The predicted octanol–water partition coefficient (Wildman–Crippen LogP) is 2.10. The molecule has 0 bridgehead atoms. The largest absolute Gasteiger partial charge is 0.352 e. The quantitative estimate of drug-likeness (QED) is 0.863. The minimum Gasteiger partial charge on any atom is -0.352 e. The number of thiophene rings is 1. The van der Waals surface area contributed by atoms with E-state index < -0.39 is 10.0 Å². The van der Waals surface area contributed by atoms with E-state index >= 15 is 0 Å². The molecular weight excluding hydrogens is 358 g/mol. The third-order valence-corrected chi connectivity index (χ3v) is 6.42. The molecule has 0 aliphatic carbocycles. The molecule has 1 aliphatic rings. The highest BCUT2D eigenvalue weighted by atomic mass is 32.2. The summed E-state index contributed by atoms with van der Waals surface area (Å²) in [5.41, 5.74) is 2.91. The van der Waals surface area contributed by atoms with Crippen molar-refractivity contribution in [2.75, 3.05) is 19.3 Å². The molecule has 2 aromatic heterocycles. The highest BCUT2D eigenvalue weighted by Crippen LogP contribution is 2.24. The third-order valence-electron chi connectivity index (χ3n) is 4.43. The highest BCUT2D eigenvalue weighted by molar-refractivity contribution is 7.88. The van der Waals surface area contributed by atoms with Crippen LogP contribution in [-0.2, 0) is 21.4 Å². The first kappa shape index (κ1) is 18.0. The van der Waals surface area contributed by atoms with E-state index in [9.17, 15) is 13.2 Å². The molecule has 0 radical (unpaired) electrons. The Morgan fingerprint density at radius 3 is 2.76 bits per heavy atom. The van der Waals surface area contributed by atoms with E-state index in [1.807, 2.05) is 29.0 Å². The number of carbonyl (C=O) groups excluding carboxylic acids is 1. The summed E-state index contributed by atoms with van der Waals surface area (Å²) in [6.07, 6.45) is 4.08. The number of amides is 1. The first-order valence-corrected chi connectivity index (χ1v) is 10.9. The molecule has 3 heterocycles. The maximum atomic E-state index is 12.4. The van der Waals surface area contributed by atoms with Gasteiger partial charge in [0.2, 0.25) is 15.9 Å². The lowest BCUT2D eigenvalue weighted by Gasteiger charge is -2.29. The third kappa shape index (κ3) is 4.45. The Labute approximate surface area is 151 Å². The molecule has 0 saturated carbocycles. The molecule has 8 heteroatoms. The van der Waals surface area contributed by atoms with Crippen LogP contribution >= 0.6 is 11.3 Å². The first-order chi connectivity index (χ1) is 11.9. The van der Waals surface area contributed by atoms with Crippen LogP contribution in [0.1, 0.15) is 18.4 Å². The Morgan fingerprint density at radius 2 is 2.12 bits per heavy atom. The van der Waals surface area contributed by atoms with E-state index in [2.05, 4.69) is 10.3 Å². The van der Waals surface area contributed by atoms with Gasteiger partial charge in [-0.15, -0.1) is 0 Å². The van der Waals surface area contributed by atoms with Crippen LogP contribution in [0.2, 0.25) is 0 Å². The number of piperidine rings is 1. The molecule has 0 unspecified atom stereocenters. The van der Waals surface area contributed by atoms with Crippen LogP contribution in [0.15, 0.2) is 35.2 Å². The fourth-order valence-electron chi connectivity index (χ4n) is 3.02. The summed E-state index contributed by atoms with van der Waals surface area (Å²) in [6, 6.07) is 5.84. The highest BCUT2D eigenvalue weighted by Gasteiger charge is 2.28. The van der Waals surface area contributed by atoms with Crippen LogP contribution < -0.4 is 5.32 Å². The number of carbonyl (C=O) groups is 1. The minimum atomic E-state index is -3.17. The van der Waals surface area contributed by atoms with Crippen LogP contribution in [-0.4, -0.2) is 43.0 Å². The molecular formula is C17H21N3O3S2. The second kappa shape index (κ2) is 7.63. The van der Waals surface area contributed by atoms with Gasteiger partial charge in [0.05, 0.1) is 11.9 Å². The van der Waals surface area contributed by atoms with Gasteiger partial charge in [-0.3, -0.25) is 9.78 Å². The Bertz CT molecular complexity index is 827. The minimum absolute atomic E-state index is 0.0201. The standard InChI is InChI=1S/C17H21N3O3S2/c1-25(22,23)20-8-4-13(5-9-20)17(21)19-11-14-3-2-7-18-16(14)15-6-10-24-12-15/h2-3,6-7,10,12-13H,4-5,8-9,11H2,1H3,(H,19,21). The Balaban J connectivity index is 1.59. The van der Waals surface area contributed by atoms with Gasteiger partial charge in [-0.2, -0.15) is 11.3 Å². The topological polar surface area (TPSA) is 79.4 Å². The maximum Gasteiger partial charge on any atom is 0.223 e. The monoisotopic (exact) mass is 379 g/mol. The van der Waals surface area contributed by atoms with Crippen molar-refractivity contribution in [1.82, 2.24) is 14.6 Å². The van der Waals surface area contributed by atoms with Gasteiger partial charge < -0.3 is 5.32 Å². The van der Waals surface area contributed by atoms with Gasteiger partial charge in [-0.25, -0.2) is 12.7 Å². The van der Waals surface area contributed by atoms with Crippen LogP contribution in [0.3, 0.4) is 0 Å². The van der Waals surface area contributed by atoms with Gasteiger partial charge >= 0.3 is 0 Å². The van der Waals surface area contributed by atoms with E-state index in [1.54, 1.807) is 17.5 Å². The molecule has 134 valence electrons. The molecule has 0 spiro atoms. The zero-order valence-corrected chi connectivity index (χ0v) is 15.6. The number of aromatic nitrogens is 1. The molecule has 1 aliphatic heterocycles. The summed E-state index contributed by atoms with van der Waals surface area (Å²) in [5, 5.41) is 7.02. The fourth-order valence-corrected chi connectivity index (χ4v) is 4.53. The van der Waals surface area contributed by atoms with Crippen molar-refractivity contribution in [3.63, 3.8) is 0 Å². The number of hydrogen-bond acceptors (Lipinski definition) is 5. The van der Waals surface area contributed by atoms with Crippen molar-refractivity contribution in [2.45, 2.75) is 19.4 Å². The zero-order valence-electron chi connectivity index (χ0n) is 14.0. The first-order valence-electron chi connectivity index (χ1n) is 8.14. The van der Waals surface area contributed by atoms with Crippen LogP contribution in [0, 0.1) is 5.92 Å². The number of sulfonamides is 1. The van der Waals surface area contributed by atoms with Crippen LogP contribution in [0.25, 0.3) is 11.3 Å². The molecule has 1 amide bonds. The summed E-state index contributed by atoms with van der Waals surface area (Å²) in [6.45, 7) is 1.23. The number of nitrogens with zero attached hydrogens (tertiary/aromatic N) is 2. The molecule has 2 aromatic rings. The van der Waals surface area contributed by atoms with Crippen molar-refractivity contribution in [3.8, 4) is 11.3 Å². The van der Waals surface area contributed by atoms with E-state index in [4.69, 9.17) is 0 Å². The number of nitrogens with one attached hydrogen (secondary N) is 1. The van der Waals surface area contributed by atoms with E-state index in [1.165, 1.54) is 10.6 Å². The molecule has 0 aromatic carbocycles. The van der Waals surface area contributed by atoms with E-state index in [0.717, 1.165) is 16.8 Å². The summed E-state index contributed by atoms with van der Waals surface area (Å²) in [7, 11) is -3.17. The fraction of sp³-hybridized carbons (Fsp3) is 0.412. The molecule has 1 N–H and O–H groups in total. The number of rotatable bonds is 5. The average Bonchev–Trinajstić information content (AvgIpc) is 3.14. The summed E-state index contributed by atoms with van der Waals surface area (Å²) in [5.74, 6) is -0.160.